The summed E-state index contributed by atoms with van der Waals surface area (Å²) in [5.41, 5.74) is 8.53. The van der Waals surface area contributed by atoms with Crippen LogP contribution in [0.25, 0.3) is 11.3 Å². The van der Waals surface area contributed by atoms with Crippen LogP contribution < -0.4 is 0 Å². The highest BCUT2D eigenvalue weighted by Crippen LogP contribution is 2.30. The van der Waals surface area contributed by atoms with Gasteiger partial charge in [-0.2, -0.15) is 0 Å². The molecule has 0 aliphatic heterocycles. The van der Waals surface area contributed by atoms with Crippen LogP contribution in [0.15, 0.2) is 24.4 Å². The predicted molar refractivity (Wildman–Crippen MR) is 83.7 cm³/mol. The first-order chi connectivity index (χ1) is 9.19. The Morgan fingerprint density at radius 2 is 1.68 bits per heavy atom. The van der Waals surface area contributed by atoms with Crippen LogP contribution in [0.1, 0.15) is 48.9 Å². The number of H-pyrrole nitrogens is 1. The maximum Gasteiger partial charge on any atom is 0.0486 e. The van der Waals surface area contributed by atoms with Crippen molar-refractivity contribution < 1.29 is 0 Å². The van der Waals surface area contributed by atoms with E-state index in [2.05, 4.69) is 50.9 Å². The Balaban J connectivity index is 2.53. The summed E-state index contributed by atoms with van der Waals surface area (Å²) in [5.74, 6) is 0. The minimum absolute atomic E-state index is 1.19. The Kier molecular flexibility index (Phi) is 4.47. The lowest BCUT2D eigenvalue weighted by atomic mass is 9.90. The summed E-state index contributed by atoms with van der Waals surface area (Å²) >= 11 is 0. The number of nitrogens with one attached hydrogen (secondary N) is 1. The minimum Gasteiger partial charge on any atom is -0.361 e. The molecule has 0 unspecified atom stereocenters. The Hall–Kier alpha value is -1.50. The second kappa shape index (κ2) is 6.10. The van der Waals surface area contributed by atoms with Crippen LogP contribution in [0.3, 0.4) is 0 Å². The van der Waals surface area contributed by atoms with Gasteiger partial charge in [-0.25, -0.2) is 0 Å². The lowest BCUT2D eigenvalue weighted by molar-refractivity contribution is 0.854. The van der Waals surface area contributed by atoms with Crippen LogP contribution in [-0.2, 0) is 12.8 Å². The van der Waals surface area contributed by atoms with E-state index in [1.807, 2.05) is 6.20 Å². The topological polar surface area (TPSA) is 15.8 Å². The van der Waals surface area contributed by atoms with E-state index in [0.29, 0.717) is 0 Å². The summed E-state index contributed by atoms with van der Waals surface area (Å²) in [5, 5.41) is 0. The molecule has 2 aromatic rings. The molecule has 0 spiro atoms. The van der Waals surface area contributed by atoms with Crippen LogP contribution >= 0.6 is 0 Å². The van der Waals surface area contributed by atoms with Crippen LogP contribution in [0.2, 0.25) is 0 Å². The van der Waals surface area contributed by atoms with Gasteiger partial charge in [0.25, 0.3) is 0 Å². The quantitative estimate of drug-likeness (QED) is 0.755. The number of hydrogen-bond donors (Lipinski definition) is 1. The zero-order valence-corrected chi connectivity index (χ0v) is 12.6. The monoisotopic (exact) mass is 255 g/mol. The summed E-state index contributed by atoms with van der Waals surface area (Å²) in [4.78, 5) is 3.38. The van der Waals surface area contributed by atoms with E-state index in [1.165, 1.54) is 53.6 Å². The fourth-order valence-corrected chi connectivity index (χ4v) is 2.92. The molecule has 0 amide bonds. The molecule has 2 rings (SSSR count). The summed E-state index contributed by atoms with van der Waals surface area (Å²) in [6.45, 7) is 8.97. The normalized spacial score (nSPS) is 10.9. The second-order valence-electron chi connectivity index (χ2n) is 5.41. The van der Waals surface area contributed by atoms with Crippen LogP contribution in [0.5, 0.6) is 0 Å². The van der Waals surface area contributed by atoms with Gasteiger partial charge in [0.15, 0.2) is 0 Å². The van der Waals surface area contributed by atoms with Crippen molar-refractivity contribution in [2.75, 3.05) is 0 Å². The molecule has 0 atom stereocenters. The van der Waals surface area contributed by atoms with E-state index >= 15 is 0 Å². The van der Waals surface area contributed by atoms with Gasteiger partial charge in [-0.3, -0.25) is 0 Å². The standard InChI is InChI=1S/C18H25N/c1-5-7-15-9-10-17(14(4)16(15)8-6-2)18-13(3)11-12-19-18/h9-12,19H,5-8H2,1-4H3. The lowest BCUT2D eigenvalue weighted by Gasteiger charge is -2.16. The van der Waals surface area contributed by atoms with Gasteiger partial charge in [-0.15, -0.1) is 0 Å². The molecule has 1 heterocycles. The SMILES string of the molecule is CCCc1ccc(-c2[nH]ccc2C)c(C)c1CCC. The number of hydrogen-bond acceptors (Lipinski definition) is 0. The summed E-state index contributed by atoms with van der Waals surface area (Å²) in [6, 6.07) is 6.77. The number of aromatic amines is 1. The lowest BCUT2D eigenvalue weighted by Crippen LogP contribution is -2.00. The number of aryl methyl sites for hydroxylation is 2. The van der Waals surface area contributed by atoms with Gasteiger partial charge in [0, 0.05) is 17.5 Å². The number of aromatic nitrogens is 1. The van der Waals surface area contributed by atoms with E-state index in [0.717, 1.165) is 0 Å². The van der Waals surface area contributed by atoms with Crippen molar-refractivity contribution in [2.45, 2.75) is 53.4 Å². The molecular formula is C18H25N. The van der Waals surface area contributed by atoms with E-state index < -0.39 is 0 Å². The Morgan fingerprint density at radius 3 is 2.26 bits per heavy atom. The van der Waals surface area contributed by atoms with Gasteiger partial charge in [0.2, 0.25) is 0 Å². The maximum absolute atomic E-state index is 3.38. The highest BCUT2D eigenvalue weighted by atomic mass is 14.7. The fourth-order valence-electron chi connectivity index (χ4n) is 2.92. The van der Waals surface area contributed by atoms with Crippen molar-refractivity contribution in [2.24, 2.45) is 0 Å². The largest absolute Gasteiger partial charge is 0.361 e. The first kappa shape index (κ1) is 13.9. The molecule has 0 aliphatic carbocycles. The number of rotatable bonds is 5. The molecule has 1 aromatic carbocycles. The van der Waals surface area contributed by atoms with Gasteiger partial charge < -0.3 is 4.98 Å². The highest BCUT2D eigenvalue weighted by Gasteiger charge is 2.12. The molecule has 0 saturated carbocycles. The Labute approximate surface area is 117 Å². The summed E-state index contributed by atoms with van der Waals surface area (Å²) in [6.07, 6.45) is 6.85. The molecule has 1 nitrogen and oxygen atoms in total. The Bertz CT molecular complexity index is 549. The van der Waals surface area contributed by atoms with E-state index in [1.54, 1.807) is 5.56 Å². The summed E-state index contributed by atoms with van der Waals surface area (Å²) in [7, 11) is 0. The molecule has 0 bridgehead atoms. The first-order valence-corrected chi connectivity index (χ1v) is 7.44. The average Bonchev–Trinajstić information content (AvgIpc) is 2.80. The van der Waals surface area contributed by atoms with Crippen LogP contribution in [-0.4, -0.2) is 4.98 Å². The van der Waals surface area contributed by atoms with Gasteiger partial charge in [0.05, 0.1) is 0 Å². The maximum atomic E-state index is 3.38. The van der Waals surface area contributed by atoms with Crippen LogP contribution in [0.4, 0.5) is 0 Å². The average molecular weight is 255 g/mol. The van der Waals surface area contributed by atoms with E-state index in [9.17, 15) is 0 Å². The smallest absolute Gasteiger partial charge is 0.0486 e. The Morgan fingerprint density at radius 1 is 0.947 bits per heavy atom. The van der Waals surface area contributed by atoms with Crippen molar-refractivity contribution in [3.63, 3.8) is 0 Å². The molecule has 0 saturated heterocycles. The molecule has 19 heavy (non-hydrogen) atoms. The third-order valence-electron chi connectivity index (χ3n) is 3.94. The number of benzene rings is 1. The predicted octanol–water partition coefficient (Wildman–Crippen LogP) is 5.20. The third kappa shape index (κ3) is 2.75. The minimum atomic E-state index is 1.19. The van der Waals surface area contributed by atoms with Gasteiger partial charge >= 0.3 is 0 Å². The highest BCUT2D eigenvalue weighted by molar-refractivity contribution is 5.69. The van der Waals surface area contributed by atoms with Crippen LogP contribution in [0, 0.1) is 13.8 Å². The zero-order chi connectivity index (χ0) is 13.8. The molecule has 0 aliphatic rings. The molecule has 102 valence electrons. The van der Waals surface area contributed by atoms with Gasteiger partial charge in [0.1, 0.15) is 0 Å². The van der Waals surface area contributed by atoms with E-state index in [-0.39, 0.29) is 0 Å². The van der Waals surface area contributed by atoms with E-state index in [4.69, 9.17) is 0 Å². The first-order valence-electron chi connectivity index (χ1n) is 7.44. The van der Waals surface area contributed by atoms with Crippen molar-refractivity contribution in [1.82, 2.24) is 4.98 Å². The molecule has 1 N–H and O–H groups in total. The second-order valence-corrected chi connectivity index (χ2v) is 5.41. The summed E-state index contributed by atoms with van der Waals surface area (Å²) < 4.78 is 0. The molecule has 0 radical (unpaired) electrons. The van der Waals surface area contributed by atoms with Gasteiger partial charge in [-0.1, -0.05) is 38.8 Å². The van der Waals surface area contributed by atoms with Crippen molar-refractivity contribution in [1.29, 1.82) is 0 Å². The molecule has 1 heteroatoms. The molecule has 1 aromatic heterocycles. The fraction of sp³-hybridized carbons (Fsp3) is 0.444. The van der Waals surface area contributed by atoms with Gasteiger partial charge in [-0.05, 0) is 55.0 Å². The third-order valence-corrected chi connectivity index (χ3v) is 3.94. The molecule has 0 fully saturated rings. The van der Waals surface area contributed by atoms with Crippen molar-refractivity contribution >= 4 is 0 Å². The van der Waals surface area contributed by atoms with Crippen molar-refractivity contribution in [3.8, 4) is 11.3 Å². The van der Waals surface area contributed by atoms with Crippen molar-refractivity contribution in [3.05, 3.63) is 46.6 Å². The zero-order valence-electron chi connectivity index (χ0n) is 12.6. The molecular weight excluding hydrogens is 230 g/mol.